The fourth-order valence-corrected chi connectivity index (χ4v) is 4.71. The maximum Gasteiger partial charge on any atom is 0.239 e. The van der Waals surface area contributed by atoms with E-state index in [1.807, 2.05) is 32.0 Å². The smallest absolute Gasteiger partial charge is 0.239 e. The van der Waals surface area contributed by atoms with Gasteiger partial charge in [-0.1, -0.05) is 18.6 Å². The fraction of sp³-hybridized carbons (Fsp3) is 0.550. The van der Waals surface area contributed by atoms with Crippen LogP contribution in [0, 0.1) is 0 Å². The molecule has 1 N–H and O–H groups in total. The van der Waals surface area contributed by atoms with Crippen LogP contribution in [0.3, 0.4) is 0 Å². The maximum absolute atomic E-state index is 12.8. The number of hydrogen-bond donors (Lipinski definition) is 1. The number of carbonyl (C=O) groups is 2. The van der Waals surface area contributed by atoms with Gasteiger partial charge in [0.25, 0.3) is 0 Å². The number of rotatable bonds is 7. The topological polar surface area (TPSA) is 65.5 Å². The second-order valence-corrected chi connectivity index (χ2v) is 7.93. The van der Waals surface area contributed by atoms with Gasteiger partial charge < -0.3 is 10.2 Å². The van der Waals surface area contributed by atoms with Crippen molar-refractivity contribution >= 4 is 33.4 Å². The number of thiazole rings is 1. The Bertz CT molecular complexity index is 758. The number of piperidine rings is 1. The molecule has 0 bridgehead atoms. The van der Waals surface area contributed by atoms with E-state index in [4.69, 9.17) is 4.98 Å². The number of hydrogen-bond acceptors (Lipinski definition) is 5. The molecular formula is C20H28N4O2S. The quantitative estimate of drug-likeness (QED) is 0.792. The summed E-state index contributed by atoms with van der Waals surface area (Å²) < 4.78 is 1.19. The molecule has 2 heterocycles. The van der Waals surface area contributed by atoms with Crippen LogP contribution >= 0.6 is 11.3 Å². The number of para-hydroxylation sites is 1. The van der Waals surface area contributed by atoms with Gasteiger partial charge in [-0.15, -0.1) is 11.3 Å². The molecule has 0 spiro atoms. The van der Waals surface area contributed by atoms with Crippen LogP contribution in [-0.2, 0) is 9.59 Å². The molecule has 1 aliphatic rings. The minimum atomic E-state index is -0.103. The molecule has 3 rings (SSSR count). The van der Waals surface area contributed by atoms with Gasteiger partial charge in [-0.25, -0.2) is 4.98 Å². The molecule has 0 radical (unpaired) electrons. The van der Waals surface area contributed by atoms with Crippen LogP contribution in [0.15, 0.2) is 24.3 Å². The van der Waals surface area contributed by atoms with E-state index in [1.165, 1.54) is 4.70 Å². The van der Waals surface area contributed by atoms with Gasteiger partial charge in [0.1, 0.15) is 5.01 Å². The lowest BCUT2D eigenvalue weighted by atomic mass is 10.0. The number of amides is 2. The predicted molar refractivity (Wildman–Crippen MR) is 109 cm³/mol. The first-order valence-corrected chi connectivity index (χ1v) is 10.6. The van der Waals surface area contributed by atoms with Gasteiger partial charge in [0.05, 0.1) is 29.3 Å². The molecule has 0 aliphatic carbocycles. The van der Waals surface area contributed by atoms with Crippen molar-refractivity contribution in [2.45, 2.75) is 39.2 Å². The summed E-state index contributed by atoms with van der Waals surface area (Å²) in [5.41, 5.74) is 1.03. The lowest BCUT2D eigenvalue weighted by molar-refractivity contribution is -0.137. The van der Waals surface area contributed by atoms with Gasteiger partial charge in [0.15, 0.2) is 0 Å². The third-order valence-electron chi connectivity index (χ3n) is 4.99. The zero-order valence-electron chi connectivity index (χ0n) is 16.1. The molecule has 0 saturated carbocycles. The first-order valence-electron chi connectivity index (χ1n) is 9.76. The maximum atomic E-state index is 12.8. The van der Waals surface area contributed by atoms with Crippen molar-refractivity contribution in [3.05, 3.63) is 29.3 Å². The minimum Gasteiger partial charge on any atom is -0.355 e. The Labute approximate surface area is 164 Å². The lowest BCUT2D eigenvalue weighted by Gasteiger charge is -2.35. The van der Waals surface area contributed by atoms with E-state index in [9.17, 15) is 9.59 Å². The summed E-state index contributed by atoms with van der Waals surface area (Å²) in [5, 5.41) is 3.86. The fourth-order valence-electron chi connectivity index (χ4n) is 3.57. The highest BCUT2D eigenvalue weighted by atomic mass is 32.1. The van der Waals surface area contributed by atoms with E-state index < -0.39 is 0 Å². The molecule has 2 aromatic rings. The van der Waals surface area contributed by atoms with Gasteiger partial charge in [-0.3, -0.25) is 14.5 Å². The Morgan fingerprint density at radius 2 is 2.11 bits per heavy atom. The molecule has 7 heteroatoms. The second kappa shape index (κ2) is 9.28. The van der Waals surface area contributed by atoms with Crippen LogP contribution in [0.2, 0.25) is 0 Å². The number of carbonyl (C=O) groups excluding carboxylic acids is 2. The van der Waals surface area contributed by atoms with Gasteiger partial charge in [0, 0.05) is 13.1 Å². The van der Waals surface area contributed by atoms with E-state index in [0.717, 1.165) is 36.3 Å². The predicted octanol–water partition coefficient (Wildman–Crippen LogP) is 2.81. The van der Waals surface area contributed by atoms with Gasteiger partial charge in [-0.05, 0) is 45.4 Å². The summed E-state index contributed by atoms with van der Waals surface area (Å²) in [6.45, 7) is 6.28. The van der Waals surface area contributed by atoms with Gasteiger partial charge in [-0.2, -0.15) is 0 Å². The highest BCUT2D eigenvalue weighted by molar-refractivity contribution is 7.18. The Hall–Kier alpha value is -1.99. The Kier molecular flexibility index (Phi) is 6.79. The lowest BCUT2D eigenvalue weighted by Crippen LogP contribution is -2.46. The van der Waals surface area contributed by atoms with E-state index in [0.29, 0.717) is 19.6 Å². The average molecular weight is 389 g/mol. The Balaban J connectivity index is 1.71. The van der Waals surface area contributed by atoms with E-state index >= 15 is 0 Å². The standard InChI is InChI=1S/C20H28N4O2S/c1-3-21-18(25)13-23(4-2)19(26)14-24-12-8-7-10-16(24)20-22-15-9-5-6-11-17(15)27-20/h5-6,9,11,16H,3-4,7-8,10,12-14H2,1-2H3,(H,21,25)/t16-/m0/s1. The molecule has 6 nitrogen and oxygen atoms in total. The molecule has 2 amide bonds. The van der Waals surface area contributed by atoms with Crippen LogP contribution in [0.1, 0.15) is 44.2 Å². The minimum absolute atomic E-state index is 0.0109. The number of likely N-dealkylation sites (N-methyl/N-ethyl adjacent to an activating group) is 2. The zero-order chi connectivity index (χ0) is 19.2. The number of nitrogens with one attached hydrogen (secondary N) is 1. The van der Waals surface area contributed by atoms with Crippen LogP contribution in [0.4, 0.5) is 0 Å². The molecule has 1 fully saturated rings. The number of nitrogens with zero attached hydrogens (tertiary/aromatic N) is 3. The highest BCUT2D eigenvalue weighted by Crippen LogP contribution is 2.35. The molecule has 1 atom stereocenters. The molecular weight excluding hydrogens is 360 g/mol. The zero-order valence-corrected chi connectivity index (χ0v) is 16.9. The van der Waals surface area contributed by atoms with Crippen molar-refractivity contribution in [2.75, 3.05) is 32.7 Å². The first kappa shape index (κ1) is 19.8. The summed E-state index contributed by atoms with van der Waals surface area (Å²) >= 11 is 1.72. The van der Waals surface area contributed by atoms with E-state index in [-0.39, 0.29) is 24.4 Å². The highest BCUT2D eigenvalue weighted by Gasteiger charge is 2.29. The SMILES string of the molecule is CCNC(=O)CN(CC)C(=O)CN1CCCC[C@H]1c1nc2ccccc2s1. The molecule has 27 heavy (non-hydrogen) atoms. The summed E-state index contributed by atoms with van der Waals surface area (Å²) in [6, 6.07) is 8.36. The van der Waals surface area contributed by atoms with E-state index in [1.54, 1.807) is 16.2 Å². The largest absolute Gasteiger partial charge is 0.355 e. The van der Waals surface area contributed by atoms with Crippen molar-refractivity contribution < 1.29 is 9.59 Å². The van der Waals surface area contributed by atoms with Crippen molar-refractivity contribution in [3.8, 4) is 0 Å². The molecule has 146 valence electrons. The monoisotopic (exact) mass is 388 g/mol. The van der Waals surface area contributed by atoms with Crippen LogP contribution in [-0.4, -0.2) is 59.3 Å². The Morgan fingerprint density at radius 3 is 2.85 bits per heavy atom. The van der Waals surface area contributed by atoms with Crippen molar-refractivity contribution in [3.63, 3.8) is 0 Å². The third kappa shape index (κ3) is 4.84. The third-order valence-corrected chi connectivity index (χ3v) is 6.13. The van der Waals surface area contributed by atoms with Crippen LogP contribution in [0.25, 0.3) is 10.2 Å². The number of fused-ring (bicyclic) bond motifs is 1. The summed E-state index contributed by atoms with van der Waals surface area (Å²) in [6.07, 6.45) is 3.27. The molecule has 1 aromatic heterocycles. The van der Waals surface area contributed by atoms with Crippen molar-refractivity contribution in [2.24, 2.45) is 0 Å². The number of likely N-dealkylation sites (tertiary alicyclic amines) is 1. The van der Waals surface area contributed by atoms with Crippen LogP contribution < -0.4 is 5.32 Å². The van der Waals surface area contributed by atoms with E-state index in [2.05, 4.69) is 16.3 Å². The summed E-state index contributed by atoms with van der Waals surface area (Å²) in [4.78, 5) is 33.4. The average Bonchev–Trinajstić information content (AvgIpc) is 3.10. The van der Waals surface area contributed by atoms with Crippen molar-refractivity contribution in [1.29, 1.82) is 0 Å². The van der Waals surface area contributed by atoms with Crippen molar-refractivity contribution in [1.82, 2.24) is 20.1 Å². The number of benzene rings is 1. The number of aromatic nitrogens is 1. The second-order valence-electron chi connectivity index (χ2n) is 6.86. The first-order chi connectivity index (χ1) is 13.1. The van der Waals surface area contributed by atoms with Gasteiger partial charge in [0.2, 0.25) is 11.8 Å². The molecule has 1 aromatic carbocycles. The molecule has 1 saturated heterocycles. The molecule has 1 aliphatic heterocycles. The summed E-state index contributed by atoms with van der Waals surface area (Å²) in [5.74, 6) is -0.0918. The van der Waals surface area contributed by atoms with Gasteiger partial charge >= 0.3 is 0 Å². The Morgan fingerprint density at radius 1 is 1.30 bits per heavy atom. The normalized spacial score (nSPS) is 17.8. The van der Waals surface area contributed by atoms with Crippen LogP contribution in [0.5, 0.6) is 0 Å². The summed E-state index contributed by atoms with van der Waals surface area (Å²) in [7, 11) is 0. The molecule has 0 unspecified atom stereocenters.